The highest BCUT2D eigenvalue weighted by molar-refractivity contribution is 6.46. The van der Waals surface area contributed by atoms with Crippen LogP contribution in [0.15, 0.2) is 48.0 Å². The smallest absolute Gasteiger partial charge is 0.295 e. The minimum absolute atomic E-state index is 0.0900. The zero-order chi connectivity index (χ0) is 21.8. The van der Waals surface area contributed by atoms with Gasteiger partial charge in [0.15, 0.2) is 11.5 Å². The van der Waals surface area contributed by atoms with Crippen molar-refractivity contribution in [3.05, 3.63) is 64.7 Å². The van der Waals surface area contributed by atoms with Crippen LogP contribution in [0.3, 0.4) is 0 Å². The molecule has 1 aliphatic rings. The van der Waals surface area contributed by atoms with E-state index in [1.54, 1.807) is 37.4 Å². The summed E-state index contributed by atoms with van der Waals surface area (Å²) < 4.78 is 10.7. The fourth-order valence-corrected chi connectivity index (χ4v) is 3.68. The van der Waals surface area contributed by atoms with Crippen LogP contribution in [0.4, 0.5) is 0 Å². The van der Waals surface area contributed by atoms with E-state index in [1.165, 1.54) is 12.0 Å². The molecule has 0 aliphatic carbocycles. The van der Waals surface area contributed by atoms with Crippen LogP contribution in [-0.4, -0.2) is 42.5 Å². The van der Waals surface area contributed by atoms with Gasteiger partial charge in [0.05, 0.1) is 25.8 Å². The Balaban J connectivity index is 2.18. The quantitative estimate of drug-likeness (QED) is 0.421. The zero-order valence-electron chi connectivity index (χ0n) is 17.8. The topological polar surface area (TPSA) is 76.1 Å². The molecule has 0 bridgehead atoms. The third-order valence-electron chi connectivity index (χ3n) is 5.34. The molecule has 1 atom stereocenters. The number of aliphatic hydroxyl groups excluding tert-OH is 1. The van der Waals surface area contributed by atoms with Gasteiger partial charge in [0, 0.05) is 12.1 Å². The lowest BCUT2D eigenvalue weighted by molar-refractivity contribution is -0.139. The molecule has 158 valence electrons. The van der Waals surface area contributed by atoms with Gasteiger partial charge in [0.25, 0.3) is 11.7 Å². The van der Waals surface area contributed by atoms with Crippen molar-refractivity contribution < 1.29 is 24.2 Å². The highest BCUT2D eigenvalue weighted by Crippen LogP contribution is 2.42. The molecule has 1 aliphatic heterocycles. The summed E-state index contributed by atoms with van der Waals surface area (Å²) >= 11 is 0. The number of carbonyl (C=O) groups excluding carboxylic acids is 2. The molecule has 1 saturated heterocycles. The lowest BCUT2D eigenvalue weighted by Crippen LogP contribution is -2.30. The number of ether oxygens (including phenoxy) is 2. The normalized spacial score (nSPS) is 18.0. The van der Waals surface area contributed by atoms with Gasteiger partial charge in [-0.1, -0.05) is 49.2 Å². The van der Waals surface area contributed by atoms with E-state index in [2.05, 4.69) is 0 Å². The van der Waals surface area contributed by atoms with Gasteiger partial charge >= 0.3 is 0 Å². The van der Waals surface area contributed by atoms with Crippen LogP contribution in [-0.2, 0) is 9.59 Å². The summed E-state index contributed by atoms with van der Waals surface area (Å²) in [7, 11) is 3.07. The number of likely N-dealkylation sites (tertiary alicyclic amines) is 1. The number of unbranched alkanes of at least 4 members (excludes halogenated alkanes) is 1. The molecular weight excluding hydrogens is 382 g/mol. The van der Waals surface area contributed by atoms with E-state index in [1.807, 2.05) is 26.0 Å². The molecule has 2 aromatic rings. The van der Waals surface area contributed by atoms with Crippen LogP contribution in [0, 0.1) is 6.92 Å². The number of benzene rings is 2. The number of rotatable bonds is 7. The van der Waals surface area contributed by atoms with Crippen molar-refractivity contribution in [2.24, 2.45) is 0 Å². The van der Waals surface area contributed by atoms with E-state index in [0.717, 1.165) is 18.4 Å². The SMILES string of the molecule is CCCCN1C(=O)C(=O)C(=C(O)c2ccc(C)cc2)[C@H]1c1ccc(OC)c(OC)c1. The molecule has 30 heavy (non-hydrogen) atoms. The molecule has 1 fully saturated rings. The summed E-state index contributed by atoms with van der Waals surface area (Å²) in [6.07, 6.45) is 1.63. The van der Waals surface area contributed by atoms with E-state index in [9.17, 15) is 14.7 Å². The molecule has 3 rings (SSSR count). The first-order valence-electron chi connectivity index (χ1n) is 10.00. The van der Waals surface area contributed by atoms with E-state index in [4.69, 9.17) is 9.47 Å². The summed E-state index contributed by atoms with van der Waals surface area (Å²) in [6, 6.07) is 11.8. The average molecular weight is 409 g/mol. The largest absolute Gasteiger partial charge is 0.507 e. The number of hydrogen-bond acceptors (Lipinski definition) is 5. The number of ketones is 1. The lowest BCUT2D eigenvalue weighted by Gasteiger charge is -2.25. The Morgan fingerprint density at radius 2 is 1.70 bits per heavy atom. The van der Waals surface area contributed by atoms with Gasteiger partial charge in [0.1, 0.15) is 5.76 Å². The maximum Gasteiger partial charge on any atom is 0.295 e. The summed E-state index contributed by atoms with van der Waals surface area (Å²) in [5, 5.41) is 11.0. The number of aliphatic hydroxyl groups is 1. The van der Waals surface area contributed by atoms with Crippen LogP contribution in [0.5, 0.6) is 11.5 Å². The van der Waals surface area contributed by atoms with Gasteiger partial charge in [-0.3, -0.25) is 9.59 Å². The number of hydrogen-bond donors (Lipinski definition) is 1. The number of methoxy groups -OCH3 is 2. The molecule has 1 N–H and O–H groups in total. The third kappa shape index (κ3) is 3.90. The zero-order valence-corrected chi connectivity index (χ0v) is 17.8. The van der Waals surface area contributed by atoms with Crippen LogP contribution >= 0.6 is 0 Å². The monoisotopic (exact) mass is 409 g/mol. The first kappa shape index (κ1) is 21.4. The minimum Gasteiger partial charge on any atom is -0.507 e. The third-order valence-corrected chi connectivity index (χ3v) is 5.34. The first-order chi connectivity index (χ1) is 14.4. The molecular formula is C24H27NO5. The van der Waals surface area contributed by atoms with E-state index >= 15 is 0 Å². The second-order valence-electron chi connectivity index (χ2n) is 7.33. The predicted octanol–water partition coefficient (Wildman–Crippen LogP) is 4.23. The second-order valence-corrected chi connectivity index (χ2v) is 7.33. The van der Waals surface area contributed by atoms with Gasteiger partial charge in [-0.2, -0.15) is 0 Å². The summed E-state index contributed by atoms with van der Waals surface area (Å²) in [4.78, 5) is 27.3. The van der Waals surface area contributed by atoms with Crippen molar-refractivity contribution >= 4 is 17.4 Å². The van der Waals surface area contributed by atoms with Gasteiger partial charge in [-0.25, -0.2) is 0 Å². The highest BCUT2D eigenvalue weighted by atomic mass is 16.5. The van der Waals surface area contributed by atoms with Crippen molar-refractivity contribution in [2.45, 2.75) is 32.7 Å². The Bertz CT molecular complexity index is 978. The molecule has 0 unspecified atom stereocenters. The lowest BCUT2D eigenvalue weighted by atomic mass is 9.94. The molecule has 1 heterocycles. The Hall–Kier alpha value is -3.28. The average Bonchev–Trinajstić information content (AvgIpc) is 3.01. The summed E-state index contributed by atoms with van der Waals surface area (Å²) in [5.41, 5.74) is 2.30. The van der Waals surface area contributed by atoms with Gasteiger partial charge in [-0.15, -0.1) is 0 Å². The number of carbonyl (C=O) groups is 2. The second kappa shape index (κ2) is 9.03. The molecule has 0 aromatic heterocycles. The van der Waals surface area contributed by atoms with Crippen LogP contribution in [0.25, 0.3) is 5.76 Å². The van der Waals surface area contributed by atoms with Gasteiger partial charge in [0.2, 0.25) is 0 Å². The molecule has 6 heteroatoms. The minimum atomic E-state index is -0.697. The van der Waals surface area contributed by atoms with Gasteiger partial charge in [-0.05, 0) is 31.0 Å². The molecule has 0 radical (unpaired) electrons. The van der Waals surface area contributed by atoms with Crippen LogP contribution in [0.1, 0.15) is 42.5 Å². The standard InChI is InChI=1S/C24H27NO5/c1-5-6-13-25-21(17-11-12-18(29-3)19(14-17)30-4)20(23(27)24(25)28)22(26)16-9-7-15(2)8-10-16/h7-12,14,21,26H,5-6,13H2,1-4H3/t21-/m1/s1. The fraction of sp³-hybridized carbons (Fsp3) is 0.333. The highest BCUT2D eigenvalue weighted by Gasteiger charge is 2.45. The number of Topliss-reactive ketones (excluding diaryl/α,β-unsaturated/α-hetero) is 1. The van der Waals surface area contributed by atoms with Crippen molar-refractivity contribution in [1.29, 1.82) is 0 Å². The predicted molar refractivity (Wildman–Crippen MR) is 115 cm³/mol. The number of aryl methyl sites for hydroxylation is 1. The maximum atomic E-state index is 13.0. The van der Waals surface area contributed by atoms with Gasteiger partial charge < -0.3 is 19.5 Å². The first-order valence-corrected chi connectivity index (χ1v) is 10.00. The summed E-state index contributed by atoms with van der Waals surface area (Å²) in [5.74, 6) is -0.412. The van der Waals surface area contributed by atoms with E-state index in [0.29, 0.717) is 29.2 Å². The maximum absolute atomic E-state index is 13.0. The van der Waals surface area contributed by atoms with Crippen molar-refractivity contribution in [2.75, 3.05) is 20.8 Å². The molecule has 6 nitrogen and oxygen atoms in total. The number of nitrogens with zero attached hydrogens (tertiary/aromatic N) is 1. The van der Waals surface area contributed by atoms with Crippen molar-refractivity contribution in [1.82, 2.24) is 4.90 Å². The van der Waals surface area contributed by atoms with E-state index in [-0.39, 0.29) is 11.3 Å². The van der Waals surface area contributed by atoms with Crippen molar-refractivity contribution in [3.63, 3.8) is 0 Å². The van der Waals surface area contributed by atoms with Crippen LogP contribution < -0.4 is 9.47 Å². The molecule has 0 spiro atoms. The Morgan fingerprint density at radius 1 is 1.03 bits per heavy atom. The van der Waals surface area contributed by atoms with E-state index < -0.39 is 17.7 Å². The Labute approximate surface area is 176 Å². The molecule has 2 aromatic carbocycles. The van der Waals surface area contributed by atoms with Crippen molar-refractivity contribution in [3.8, 4) is 11.5 Å². The summed E-state index contributed by atoms with van der Waals surface area (Å²) in [6.45, 7) is 4.39. The molecule has 0 saturated carbocycles. The Kier molecular flexibility index (Phi) is 6.45. The van der Waals surface area contributed by atoms with Crippen LogP contribution in [0.2, 0.25) is 0 Å². The fourth-order valence-electron chi connectivity index (χ4n) is 3.68. The number of amides is 1. The Morgan fingerprint density at radius 3 is 2.30 bits per heavy atom. The molecule has 1 amide bonds.